The minimum atomic E-state index is -3.79. The molecule has 1 aliphatic rings. The lowest BCUT2D eigenvalue weighted by atomic mass is 10.1. The topological polar surface area (TPSA) is 86.8 Å². The highest BCUT2D eigenvalue weighted by Crippen LogP contribution is 2.25. The number of benzene rings is 2. The summed E-state index contributed by atoms with van der Waals surface area (Å²) in [5, 5.41) is 3.02. The van der Waals surface area contributed by atoms with E-state index in [1.807, 2.05) is 13.0 Å². The minimum absolute atomic E-state index is 0.0444. The van der Waals surface area contributed by atoms with E-state index >= 15 is 0 Å². The summed E-state index contributed by atoms with van der Waals surface area (Å²) in [6.45, 7) is 4.86. The number of carbonyl (C=O) groups is 2. The minimum Gasteiger partial charge on any atom is -0.352 e. The number of rotatable bonds is 9. The van der Waals surface area contributed by atoms with Crippen LogP contribution >= 0.6 is 0 Å². The molecular weight excluding hydrogens is 469 g/mol. The summed E-state index contributed by atoms with van der Waals surface area (Å²) in [7, 11) is -3.79. The van der Waals surface area contributed by atoms with E-state index in [0.717, 1.165) is 41.8 Å². The Bertz CT molecular complexity index is 1160. The second-order valence-corrected chi connectivity index (χ2v) is 11.3. The zero-order chi connectivity index (χ0) is 25.8. The predicted octanol–water partition coefficient (Wildman–Crippen LogP) is 3.68. The Labute approximate surface area is 207 Å². The number of amides is 2. The molecule has 1 saturated carbocycles. The fourth-order valence-electron chi connectivity index (χ4n) is 4.34. The molecule has 0 heterocycles. The van der Waals surface area contributed by atoms with Gasteiger partial charge in [0.1, 0.15) is 18.4 Å². The molecular formula is C26H34FN3O4S. The van der Waals surface area contributed by atoms with Gasteiger partial charge < -0.3 is 10.2 Å². The van der Waals surface area contributed by atoms with E-state index in [2.05, 4.69) is 5.32 Å². The van der Waals surface area contributed by atoms with Crippen molar-refractivity contribution in [3.05, 3.63) is 65.0 Å². The van der Waals surface area contributed by atoms with Crippen molar-refractivity contribution >= 4 is 27.5 Å². The number of anilines is 1. The molecule has 190 valence electrons. The molecule has 2 aromatic rings. The maximum atomic E-state index is 13.6. The lowest BCUT2D eigenvalue weighted by Crippen LogP contribution is -2.52. The van der Waals surface area contributed by atoms with Crippen LogP contribution in [-0.2, 0) is 26.2 Å². The summed E-state index contributed by atoms with van der Waals surface area (Å²) in [5.74, 6) is -1.21. The third kappa shape index (κ3) is 7.04. The van der Waals surface area contributed by atoms with E-state index in [0.29, 0.717) is 16.8 Å². The van der Waals surface area contributed by atoms with Gasteiger partial charge in [-0.2, -0.15) is 0 Å². The Morgan fingerprint density at radius 1 is 1.09 bits per heavy atom. The molecule has 0 unspecified atom stereocenters. The maximum Gasteiger partial charge on any atom is 0.244 e. The SMILES string of the molecule is Cc1ccc(C)c(N(CC(=O)N(Cc2ccc(F)cc2)[C@@H](C)C(=O)NC2CCCC2)S(C)(=O)=O)c1. The molecule has 0 aromatic heterocycles. The molecule has 0 radical (unpaired) electrons. The van der Waals surface area contributed by atoms with Crippen LogP contribution in [-0.4, -0.2) is 50.0 Å². The van der Waals surface area contributed by atoms with Crippen LogP contribution < -0.4 is 9.62 Å². The summed E-state index contributed by atoms with van der Waals surface area (Å²) < 4.78 is 40.0. The van der Waals surface area contributed by atoms with E-state index in [9.17, 15) is 22.4 Å². The molecule has 0 aliphatic heterocycles. The first-order valence-electron chi connectivity index (χ1n) is 11.8. The van der Waals surface area contributed by atoms with Gasteiger partial charge in [0.15, 0.2) is 0 Å². The van der Waals surface area contributed by atoms with Crippen LogP contribution in [0.3, 0.4) is 0 Å². The summed E-state index contributed by atoms with van der Waals surface area (Å²) in [6, 6.07) is 10.3. The van der Waals surface area contributed by atoms with Crippen molar-refractivity contribution in [1.82, 2.24) is 10.2 Å². The van der Waals surface area contributed by atoms with Gasteiger partial charge >= 0.3 is 0 Å². The standard InChI is InChI=1S/C26H34FN3O4S/c1-18-9-10-19(2)24(15-18)30(35(4,33)34)17-25(31)29(16-21-11-13-22(27)14-12-21)20(3)26(32)28-23-7-5-6-8-23/h9-15,20,23H,5-8,16-17H2,1-4H3,(H,28,32)/t20-/m0/s1. The fraction of sp³-hybridized carbons (Fsp3) is 0.462. The number of carbonyl (C=O) groups excluding carboxylic acids is 2. The van der Waals surface area contributed by atoms with Crippen LogP contribution in [0.1, 0.15) is 49.3 Å². The zero-order valence-electron chi connectivity index (χ0n) is 20.8. The third-order valence-electron chi connectivity index (χ3n) is 6.45. The first-order chi connectivity index (χ1) is 16.5. The van der Waals surface area contributed by atoms with Crippen LogP contribution in [0.4, 0.5) is 10.1 Å². The molecule has 9 heteroatoms. The smallest absolute Gasteiger partial charge is 0.244 e. The van der Waals surface area contributed by atoms with Crippen LogP contribution in [0.15, 0.2) is 42.5 Å². The molecule has 0 spiro atoms. The first-order valence-corrected chi connectivity index (χ1v) is 13.7. The summed E-state index contributed by atoms with van der Waals surface area (Å²) in [6.07, 6.45) is 4.97. The van der Waals surface area contributed by atoms with Crippen molar-refractivity contribution in [2.75, 3.05) is 17.1 Å². The van der Waals surface area contributed by atoms with Gasteiger partial charge in [0.05, 0.1) is 11.9 Å². The quantitative estimate of drug-likeness (QED) is 0.566. The first kappa shape index (κ1) is 26.7. The average molecular weight is 504 g/mol. The predicted molar refractivity (Wildman–Crippen MR) is 135 cm³/mol. The van der Waals surface area contributed by atoms with Gasteiger partial charge in [-0.1, -0.05) is 37.1 Å². The van der Waals surface area contributed by atoms with Gasteiger partial charge in [0.25, 0.3) is 0 Å². The van der Waals surface area contributed by atoms with Crippen molar-refractivity contribution in [3.8, 4) is 0 Å². The van der Waals surface area contributed by atoms with Crippen molar-refractivity contribution in [3.63, 3.8) is 0 Å². The number of aryl methyl sites for hydroxylation is 2. The maximum absolute atomic E-state index is 13.6. The van der Waals surface area contributed by atoms with Gasteiger partial charge in [0, 0.05) is 12.6 Å². The molecule has 0 saturated heterocycles. The van der Waals surface area contributed by atoms with E-state index < -0.39 is 34.3 Å². The van der Waals surface area contributed by atoms with Crippen molar-refractivity contribution in [2.45, 2.75) is 65.1 Å². The molecule has 1 atom stereocenters. The molecule has 1 aliphatic carbocycles. The average Bonchev–Trinajstić information content (AvgIpc) is 3.30. The lowest BCUT2D eigenvalue weighted by molar-refractivity contribution is -0.139. The number of hydrogen-bond donors (Lipinski definition) is 1. The number of sulfonamides is 1. The Balaban J connectivity index is 1.90. The third-order valence-corrected chi connectivity index (χ3v) is 7.57. The summed E-state index contributed by atoms with van der Waals surface area (Å²) in [5.41, 5.74) is 2.63. The lowest BCUT2D eigenvalue weighted by Gasteiger charge is -2.32. The Morgan fingerprint density at radius 2 is 1.71 bits per heavy atom. The Kier molecular flexibility index (Phi) is 8.53. The highest BCUT2D eigenvalue weighted by atomic mass is 32.2. The van der Waals surface area contributed by atoms with E-state index in [1.165, 1.54) is 17.0 Å². The van der Waals surface area contributed by atoms with Crippen LogP contribution in [0, 0.1) is 19.7 Å². The van der Waals surface area contributed by atoms with Gasteiger partial charge in [-0.05, 0) is 68.5 Å². The molecule has 35 heavy (non-hydrogen) atoms. The van der Waals surface area contributed by atoms with E-state index in [1.54, 1.807) is 38.1 Å². The number of nitrogens with zero attached hydrogens (tertiary/aromatic N) is 2. The van der Waals surface area contributed by atoms with Crippen molar-refractivity contribution < 1.29 is 22.4 Å². The van der Waals surface area contributed by atoms with Gasteiger partial charge in [-0.3, -0.25) is 13.9 Å². The molecule has 1 fully saturated rings. The van der Waals surface area contributed by atoms with Gasteiger partial charge in [-0.15, -0.1) is 0 Å². The number of halogens is 1. The van der Waals surface area contributed by atoms with E-state index in [4.69, 9.17) is 0 Å². The Hall–Kier alpha value is -2.94. The highest BCUT2D eigenvalue weighted by Gasteiger charge is 2.31. The van der Waals surface area contributed by atoms with Gasteiger partial charge in [-0.25, -0.2) is 12.8 Å². The fourth-order valence-corrected chi connectivity index (χ4v) is 5.24. The molecule has 1 N–H and O–H groups in total. The van der Waals surface area contributed by atoms with Crippen molar-refractivity contribution in [2.24, 2.45) is 0 Å². The Morgan fingerprint density at radius 3 is 2.31 bits per heavy atom. The second kappa shape index (κ2) is 11.2. The molecule has 2 amide bonds. The molecule has 3 rings (SSSR count). The summed E-state index contributed by atoms with van der Waals surface area (Å²) >= 11 is 0. The van der Waals surface area contributed by atoms with Crippen LogP contribution in [0.2, 0.25) is 0 Å². The molecule has 7 nitrogen and oxygen atoms in total. The number of nitrogens with one attached hydrogen (secondary N) is 1. The normalized spacial score (nSPS) is 15.0. The largest absolute Gasteiger partial charge is 0.352 e. The second-order valence-electron chi connectivity index (χ2n) is 9.37. The zero-order valence-corrected chi connectivity index (χ0v) is 21.6. The van der Waals surface area contributed by atoms with Crippen LogP contribution in [0.25, 0.3) is 0 Å². The highest BCUT2D eigenvalue weighted by molar-refractivity contribution is 7.92. The van der Waals surface area contributed by atoms with Gasteiger partial charge in [0.2, 0.25) is 21.8 Å². The van der Waals surface area contributed by atoms with E-state index in [-0.39, 0.29) is 18.5 Å². The molecule has 2 aromatic carbocycles. The summed E-state index contributed by atoms with van der Waals surface area (Å²) in [4.78, 5) is 28.0. The van der Waals surface area contributed by atoms with Crippen molar-refractivity contribution in [1.29, 1.82) is 0 Å². The monoisotopic (exact) mass is 503 g/mol. The molecule has 0 bridgehead atoms. The number of hydrogen-bond acceptors (Lipinski definition) is 4. The van der Waals surface area contributed by atoms with Crippen LogP contribution in [0.5, 0.6) is 0 Å².